The molecule has 0 aliphatic heterocycles. The summed E-state index contributed by atoms with van der Waals surface area (Å²) in [5.74, 6) is -0.349. The van der Waals surface area contributed by atoms with Gasteiger partial charge < -0.3 is 10.2 Å². The Morgan fingerprint density at radius 1 is 1.36 bits per heavy atom. The average Bonchev–Trinajstić information content (AvgIpc) is 3.08. The summed E-state index contributed by atoms with van der Waals surface area (Å²) in [5.41, 5.74) is 7.68. The van der Waals surface area contributed by atoms with Gasteiger partial charge in [-0.1, -0.05) is 49.0 Å². The van der Waals surface area contributed by atoms with Crippen molar-refractivity contribution >= 4 is 16.5 Å². The van der Waals surface area contributed by atoms with Crippen LogP contribution in [-0.4, -0.2) is 15.2 Å². The minimum atomic E-state index is -0.582. The van der Waals surface area contributed by atoms with Gasteiger partial charge in [-0.2, -0.15) is 0 Å². The molecule has 2 aromatic rings. The van der Waals surface area contributed by atoms with Gasteiger partial charge in [-0.05, 0) is 26.7 Å². The summed E-state index contributed by atoms with van der Waals surface area (Å²) in [7, 11) is 0. The van der Waals surface area contributed by atoms with Crippen LogP contribution in [0.4, 0.5) is 5.13 Å². The van der Waals surface area contributed by atoms with E-state index in [1.807, 2.05) is 13.8 Å². The number of allylic oxidation sites excluding steroid dienone is 4. The lowest BCUT2D eigenvalue weighted by atomic mass is 10.1. The Bertz CT molecular complexity index is 694. The third-order valence-electron chi connectivity index (χ3n) is 2.67. The molecule has 0 saturated carbocycles. The van der Waals surface area contributed by atoms with Gasteiger partial charge in [0.05, 0.1) is 5.69 Å². The Kier molecular flexibility index (Phi) is 7.31. The number of aryl methyl sites for hydroxylation is 1. The molecule has 0 bridgehead atoms. The van der Waals surface area contributed by atoms with Crippen LogP contribution in [0.5, 0.6) is 0 Å². The van der Waals surface area contributed by atoms with E-state index in [-0.39, 0.29) is 5.89 Å². The molecule has 1 aliphatic carbocycles. The lowest BCUT2D eigenvalue weighted by Crippen LogP contribution is -1.93. The Morgan fingerprint density at radius 2 is 2.09 bits per heavy atom. The molecular formula is C15H22N4O2S. The van der Waals surface area contributed by atoms with E-state index in [0.717, 1.165) is 0 Å². The highest BCUT2D eigenvalue weighted by molar-refractivity contribution is 7.18. The van der Waals surface area contributed by atoms with Crippen LogP contribution in [0.25, 0.3) is 10.8 Å². The number of hydrogen-bond acceptors (Lipinski definition) is 6. The number of hydrogen-bond donors (Lipinski definition) is 2. The van der Waals surface area contributed by atoms with E-state index in [2.05, 4.69) is 40.3 Å². The summed E-state index contributed by atoms with van der Waals surface area (Å²) in [6.07, 6.45) is 8.99. The Hall–Kier alpha value is -2.15. The first-order chi connectivity index (χ1) is 10.6. The van der Waals surface area contributed by atoms with Crippen LogP contribution >= 0.6 is 11.3 Å². The predicted molar refractivity (Wildman–Crippen MR) is 90.9 cm³/mol. The molecule has 0 unspecified atom stereocenters. The first-order valence-corrected chi connectivity index (χ1v) is 7.99. The molecule has 0 fully saturated rings. The van der Waals surface area contributed by atoms with Gasteiger partial charge in [0.15, 0.2) is 5.13 Å². The van der Waals surface area contributed by atoms with E-state index in [1.54, 1.807) is 6.92 Å². The maximum absolute atomic E-state index is 10.6. The molecule has 6 nitrogen and oxygen atoms in total. The summed E-state index contributed by atoms with van der Waals surface area (Å²) in [6, 6.07) is 0. The molecule has 7 heteroatoms. The van der Waals surface area contributed by atoms with Gasteiger partial charge in [-0.15, -0.1) is 5.10 Å². The molecule has 2 aromatic heterocycles. The maximum Gasteiger partial charge on any atom is 0.434 e. The smallest absolute Gasteiger partial charge is 0.387 e. The van der Waals surface area contributed by atoms with Crippen LogP contribution in [0.15, 0.2) is 33.0 Å². The average molecular weight is 322 g/mol. The van der Waals surface area contributed by atoms with Crippen LogP contribution in [0.1, 0.15) is 39.3 Å². The number of nitrogens with zero attached hydrogens (tertiary/aromatic N) is 2. The van der Waals surface area contributed by atoms with E-state index >= 15 is 0 Å². The van der Waals surface area contributed by atoms with Gasteiger partial charge in [-0.3, -0.25) is 0 Å². The second-order valence-corrected chi connectivity index (χ2v) is 5.40. The molecule has 1 aliphatic rings. The van der Waals surface area contributed by atoms with Crippen LogP contribution in [0, 0.1) is 6.92 Å². The molecule has 0 atom stereocenters. The third-order valence-corrected chi connectivity index (χ3v) is 3.64. The third kappa shape index (κ3) is 5.33. The first-order valence-electron chi connectivity index (χ1n) is 7.17. The minimum absolute atomic E-state index is 0.233. The molecule has 3 N–H and O–H groups in total. The van der Waals surface area contributed by atoms with Crippen LogP contribution in [0.2, 0.25) is 0 Å². The number of aromatic amines is 1. The van der Waals surface area contributed by atoms with Crippen LogP contribution in [-0.2, 0) is 0 Å². The minimum Gasteiger partial charge on any atom is -0.387 e. The lowest BCUT2D eigenvalue weighted by molar-refractivity contribution is 0.527. The summed E-state index contributed by atoms with van der Waals surface area (Å²) < 4.78 is 4.76. The van der Waals surface area contributed by atoms with Crippen molar-refractivity contribution in [3.05, 3.63) is 40.0 Å². The molecule has 120 valence electrons. The predicted octanol–water partition coefficient (Wildman–Crippen LogP) is 3.69. The molecule has 0 radical (unpaired) electrons. The monoisotopic (exact) mass is 322 g/mol. The van der Waals surface area contributed by atoms with E-state index in [9.17, 15) is 4.79 Å². The normalized spacial score (nSPS) is 12.6. The fourth-order valence-electron chi connectivity index (χ4n) is 1.67. The molecule has 2 heterocycles. The standard InChI is InChI=1S/C7H10.C6H6N4O2S.C2H6/c1-7-5-3-2-4-6-7;1-2-3(13-5(7)8-2)4-9-10-6(11)12-4;1-2/h2-3,5H,4,6H2,1H3;1H3,(H2,7,8)(H,10,11);1-2H3. The SMILES string of the molecule is CC.CC1=CC=CCC1.Cc1nc(N)sc1-c1n[nH]c(=O)o1. The molecule has 22 heavy (non-hydrogen) atoms. The van der Waals surface area contributed by atoms with Gasteiger partial charge in [0.1, 0.15) is 4.88 Å². The largest absolute Gasteiger partial charge is 0.434 e. The Labute approximate surface area is 133 Å². The molecule has 0 aromatic carbocycles. The van der Waals surface area contributed by atoms with Gasteiger partial charge in [0, 0.05) is 0 Å². The number of nitrogens with two attached hydrogens (primary N) is 1. The van der Waals surface area contributed by atoms with Crippen molar-refractivity contribution in [2.45, 2.75) is 40.5 Å². The maximum atomic E-state index is 10.6. The zero-order chi connectivity index (χ0) is 16.5. The lowest BCUT2D eigenvalue weighted by Gasteiger charge is -1.98. The fourth-order valence-corrected chi connectivity index (χ4v) is 2.43. The highest BCUT2D eigenvalue weighted by Gasteiger charge is 2.12. The number of rotatable bonds is 1. The fraction of sp³-hybridized carbons (Fsp3) is 0.400. The van der Waals surface area contributed by atoms with E-state index in [1.165, 1.54) is 29.8 Å². The quantitative estimate of drug-likeness (QED) is 0.834. The summed E-state index contributed by atoms with van der Waals surface area (Å²) in [5, 5.41) is 6.27. The van der Waals surface area contributed by atoms with Gasteiger partial charge in [-0.25, -0.2) is 14.9 Å². The molecule has 0 spiro atoms. The molecule has 0 amide bonds. The highest BCUT2D eigenvalue weighted by atomic mass is 32.1. The Morgan fingerprint density at radius 3 is 2.45 bits per heavy atom. The van der Waals surface area contributed by atoms with Crippen LogP contribution < -0.4 is 11.5 Å². The zero-order valence-electron chi connectivity index (χ0n) is 13.3. The van der Waals surface area contributed by atoms with Crippen molar-refractivity contribution in [3.8, 4) is 10.8 Å². The second-order valence-electron chi connectivity index (χ2n) is 4.36. The first kappa shape index (κ1) is 17.9. The Balaban J connectivity index is 0.000000228. The van der Waals surface area contributed by atoms with Crippen molar-refractivity contribution in [2.24, 2.45) is 0 Å². The van der Waals surface area contributed by atoms with E-state index in [4.69, 9.17) is 10.2 Å². The number of H-pyrrole nitrogens is 1. The zero-order valence-corrected chi connectivity index (χ0v) is 14.2. The molecule has 0 saturated heterocycles. The van der Waals surface area contributed by atoms with Crippen molar-refractivity contribution < 1.29 is 4.42 Å². The van der Waals surface area contributed by atoms with Gasteiger partial charge in [0.25, 0.3) is 5.89 Å². The van der Waals surface area contributed by atoms with Crippen molar-refractivity contribution in [1.82, 2.24) is 15.2 Å². The number of thiazole rings is 1. The van der Waals surface area contributed by atoms with Crippen molar-refractivity contribution in [1.29, 1.82) is 0 Å². The highest BCUT2D eigenvalue weighted by Crippen LogP contribution is 2.28. The topological polar surface area (TPSA) is 97.8 Å². The van der Waals surface area contributed by atoms with Gasteiger partial charge in [0.2, 0.25) is 0 Å². The van der Waals surface area contributed by atoms with Crippen molar-refractivity contribution in [2.75, 3.05) is 5.73 Å². The summed E-state index contributed by atoms with van der Waals surface area (Å²) in [4.78, 5) is 15.3. The summed E-state index contributed by atoms with van der Waals surface area (Å²) >= 11 is 1.23. The van der Waals surface area contributed by atoms with E-state index < -0.39 is 5.76 Å². The number of nitrogens with one attached hydrogen (secondary N) is 1. The number of nitrogen functional groups attached to an aromatic ring is 1. The number of anilines is 1. The van der Waals surface area contributed by atoms with Gasteiger partial charge >= 0.3 is 5.76 Å². The second kappa shape index (κ2) is 8.99. The van der Waals surface area contributed by atoms with Crippen LogP contribution in [0.3, 0.4) is 0 Å². The van der Waals surface area contributed by atoms with E-state index in [0.29, 0.717) is 15.7 Å². The molecular weight excluding hydrogens is 300 g/mol. The molecule has 3 rings (SSSR count). The number of aromatic nitrogens is 3. The van der Waals surface area contributed by atoms with Crippen molar-refractivity contribution in [3.63, 3.8) is 0 Å². The summed E-state index contributed by atoms with van der Waals surface area (Å²) in [6.45, 7) is 7.94.